The van der Waals surface area contributed by atoms with Crippen molar-refractivity contribution in [2.45, 2.75) is 25.7 Å². The second-order valence-corrected chi connectivity index (χ2v) is 6.56. The van der Waals surface area contributed by atoms with Gasteiger partial charge in [0.2, 0.25) is 5.95 Å². The number of aromatic nitrogens is 2. The minimum atomic E-state index is 0.768. The molecule has 0 radical (unpaired) electrons. The molecule has 2 aromatic rings. The molecule has 2 aliphatic heterocycles. The Hall–Kier alpha value is -1.88. The van der Waals surface area contributed by atoms with E-state index in [0.29, 0.717) is 0 Å². The van der Waals surface area contributed by atoms with Gasteiger partial charge in [0.1, 0.15) is 5.82 Å². The van der Waals surface area contributed by atoms with Crippen LogP contribution >= 0.6 is 0 Å². The maximum atomic E-state index is 4.83. The summed E-state index contributed by atoms with van der Waals surface area (Å²) in [5.41, 5.74) is 1.04. The van der Waals surface area contributed by atoms with Crippen LogP contribution in [0.1, 0.15) is 25.7 Å². The maximum Gasteiger partial charge on any atom is 0.225 e. The fourth-order valence-corrected chi connectivity index (χ4v) is 3.64. The molecule has 2 aliphatic rings. The summed E-state index contributed by atoms with van der Waals surface area (Å²) in [6.07, 6.45) is 5.20. The number of likely N-dealkylation sites (tertiary alicyclic amines) is 1. The van der Waals surface area contributed by atoms with Crippen molar-refractivity contribution in [2.24, 2.45) is 0 Å². The molecule has 2 fully saturated rings. The van der Waals surface area contributed by atoms with Gasteiger partial charge >= 0.3 is 0 Å². The molecule has 4 rings (SSSR count). The highest BCUT2D eigenvalue weighted by molar-refractivity contribution is 5.90. The first-order valence-electron chi connectivity index (χ1n) is 8.88. The van der Waals surface area contributed by atoms with Crippen LogP contribution in [0.25, 0.3) is 10.9 Å². The van der Waals surface area contributed by atoms with E-state index in [1.54, 1.807) is 0 Å². The van der Waals surface area contributed by atoms with Crippen molar-refractivity contribution < 1.29 is 0 Å². The lowest BCUT2D eigenvalue weighted by atomic mass is 10.2. The molecule has 1 aromatic carbocycles. The minimum absolute atomic E-state index is 0.768. The first-order chi connectivity index (χ1) is 11.4. The van der Waals surface area contributed by atoms with Gasteiger partial charge in [-0.15, -0.1) is 0 Å². The molecule has 122 valence electrons. The summed E-state index contributed by atoms with van der Waals surface area (Å²) in [6, 6.07) is 8.35. The molecule has 0 aliphatic carbocycles. The molecule has 0 unspecified atom stereocenters. The Labute approximate surface area is 137 Å². The fraction of sp³-hybridized carbons (Fsp3) is 0.556. The largest absolute Gasteiger partial charge is 0.356 e. The summed E-state index contributed by atoms with van der Waals surface area (Å²) in [5, 5.41) is 4.60. The van der Waals surface area contributed by atoms with Gasteiger partial charge in [-0.25, -0.2) is 4.98 Å². The van der Waals surface area contributed by atoms with Gasteiger partial charge in [0, 0.05) is 31.6 Å². The van der Waals surface area contributed by atoms with Gasteiger partial charge in [-0.2, -0.15) is 4.98 Å². The van der Waals surface area contributed by atoms with Crippen LogP contribution in [0, 0.1) is 0 Å². The molecule has 23 heavy (non-hydrogen) atoms. The Balaban J connectivity index is 1.54. The van der Waals surface area contributed by atoms with Crippen LogP contribution in [0.15, 0.2) is 24.3 Å². The van der Waals surface area contributed by atoms with E-state index >= 15 is 0 Å². The molecular weight excluding hydrogens is 286 g/mol. The number of fused-ring (bicyclic) bond motifs is 1. The first-order valence-corrected chi connectivity index (χ1v) is 8.88. The predicted molar refractivity (Wildman–Crippen MR) is 95.1 cm³/mol. The highest BCUT2D eigenvalue weighted by Crippen LogP contribution is 2.27. The molecule has 3 heterocycles. The summed E-state index contributed by atoms with van der Waals surface area (Å²) < 4.78 is 0. The molecular formula is C18H25N5. The second-order valence-electron chi connectivity index (χ2n) is 6.56. The number of nitrogens with zero attached hydrogens (tertiary/aromatic N) is 4. The van der Waals surface area contributed by atoms with Crippen molar-refractivity contribution in [1.82, 2.24) is 14.9 Å². The molecule has 2 saturated heterocycles. The van der Waals surface area contributed by atoms with Crippen molar-refractivity contribution in [3.8, 4) is 0 Å². The number of nitrogens with one attached hydrogen (secondary N) is 1. The lowest BCUT2D eigenvalue weighted by molar-refractivity contribution is 0.352. The molecule has 5 heteroatoms. The third-order valence-electron chi connectivity index (χ3n) is 4.90. The molecule has 1 aromatic heterocycles. The van der Waals surface area contributed by atoms with E-state index in [9.17, 15) is 0 Å². The number of anilines is 2. The first kappa shape index (κ1) is 14.7. The molecule has 5 nitrogen and oxygen atoms in total. The highest BCUT2D eigenvalue weighted by Gasteiger charge is 2.18. The van der Waals surface area contributed by atoms with Crippen LogP contribution in [0.4, 0.5) is 11.8 Å². The van der Waals surface area contributed by atoms with E-state index < -0.39 is 0 Å². The van der Waals surface area contributed by atoms with E-state index in [1.807, 2.05) is 0 Å². The van der Waals surface area contributed by atoms with Crippen molar-refractivity contribution in [3.63, 3.8) is 0 Å². The van der Waals surface area contributed by atoms with Crippen LogP contribution in [0.2, 0.25) is 0 Å². The standard InChI is InChI=1S/C18H25N5/c1-2-8-16-15(7-1)17(23-12-5-6-13-23)21-18(20-16)19-9-14-22-10-3-4-11-22/h1-2,7-8H,3-6,9-14H2,(H,19,20,21). The van der Waals surface area contributed by atoms with E-state index in [4.69, 9.17) is 9.97 Å². The highest BCUT2D eigenvalue weighted by atomic mass is 15.2. The number of benzene rings is 1. The molecule has 0 atom stereocenters. The van der Waals surface area contributed by atoms with E-state index in [0.717, 1.165) is 43.5 Å². The normalized spacial score (nSPS) is 18.9. The smallest absolute Gasteiger partial charge is 0.225 e. The summed E-state index contributed by atoms with van der Waals surface area (Å²) in [6.45, 7) is 6.67. The van der Waals surface area contributed by atoms with Crippen molar-refractivity contribution >= 4 is 22.7 Å². The Bertz CT molecular complexity index is 660. The second kappa shape index (κ2) is 6.71. The van der Waals surface area contributed by atoms with Gasteiger partial charge in [0.05, 0.1) is 5.52 Å². The summed E-state index contributed by atoms with van der Waals surface area (Å²) >= 11 is 0. The summed E-state index contributed by atoms with van der Waals surface area (Å²) in [5.74, 6) is 1.86. The van der Waals surface area contributed by atoms with Gasteiger partial charge in [-0.1, -0.05) is 12.1 Å². The number of para-hydroxylation sites is 1. The minimum Gasteiger partial charge on any atom is -0.356 e. The fourth-order valence-electron chi connectivity index (χ4n) is 3.64. The average molecular weight is 311 g/mol. The summed E-state index contributed by atoms with van der Waals surface area (Å²) in [7, 11) is 0. The predicted octanol–water partition coefficient (Wildman–Crippen LogP) is 2.74. The SMILES string of the molecule is c1ccc2c(N3CCCC3)nc(NCCN3CCCC3)nc2c1. The molecule has 0 amide bonds. The van der Waals surface area contributed by atoms with E-state index in [2.05, 4.69) is 39.4 Å². The van der Waals surface area contributed by atoms with Gasteiger partial charge < -0.3 is 15.1 Å². The monoisotopic (exact) mass is 311 g/mol. The zero-order valence-electron chi connectivity index (χ0n) is 13.7. The van der Waals surface area contributed by atoms with Crippen LogP contribution in [-0.2, 0) is 0 Å². The number of hydrogen-bond donors (Lipinski definition) is 1. The van der Waals surface area contributed by atoms with Crippen molar-refractivity contribution in [1.29, 1.82) is 0 Å². The van der Waals surface area contributed by atoms with Gasteiger partial charge in [-0.3, -0.25) is 0 Å². The quantitative estimate of drug-likeness (QED) is 0.920. The third-order valence-corrected chi connectivity index (χ3v) is 4.90. The number of rotatable bonds is 5. The molecule has 0 bridgehead atoms. The molecule has 1 N–H and O–H groups in total. The molecule has 0 saturated carbocycles. The number of hydrogen-bond acceptors (Lipinski definition) is 5. The Morgan fingerprint density at radius 2 is 1.65 bits per heavy atom. The van der Waals surface area contributed by atoms with Crippen LogP contribution in [0.5, 0.6) is 0 Å². The topological polar surface area (TPSA) is 44.3 Å². The van der Waals surface area contributed by atoms with Gasteiger partial charge in [-0.05, 0) is 50.9 Å². The summed E-state index contributed by atoms with van der Waals surface area (Å²) in [4.78, 5) is 14.4. The average Bonchev–Trinajstić information content (AvgIpc) is 3.28. The van der Waals surface area contributed by atoms with Crippen molar-refractivity contribution in [3.05, 3.63) is 24.3 Å². The van der Waals surface area contributed by atoms with Gasteiger partial charge in [0.15, 0.2) is 0 Å². The Morgan fingerprint density at radius 3 is 2.48 bits per heavy atom. The van der Waals surface area contributed by atoms with E-state index in [1.165, 1.54) is 44.2 Å². The Morgan fingerprint density at radius 1 is 0.913 bits per heavy atom. The Kier molecular flexibility index (Phi) is 4.28. The maximum absolute atomic E-state index is 4.83. The van der Waals surface area contributed by atoms with Gasteiger partial charge in [0.25, 0.3) is 0 Å². The molecule has 0 spiro atoms. The van der Waals surface area contributed by atoms with Crippen molar-refractivity contribution in [2.75, 3.05) is 49.5 Å². The van der Waals surface area contributed by atoms with Crippen LogP contribution in [-0.4, -0.2) is 54.1 Å². The van der Waals surface area contributed by atoms with Crippen LogP contribution in [0.3, 0.4) is 0 Å². The third kappa shape index (κ3) is 3.24. The zero-order valence-corrected chi connectivity index (χ0v) is 13.7. The van der Waals surface area contributed by atoms with Crippen LogP contribution < -0.4 is 10.2 Å². The zero-order chi connectivity index (χ0) is 15.5. The lowest BCUT2D eigenvalue weighted by Gasteiger charge is -2.20. The van der Waals surface area contributed by atoms with E-state index in [-0.39, 0.29) is 0 Å². The lowest BCUT2D eigenvalue weighted by Crippen LogP contribution is -2.26.